The van der Waals surface area contributed by atoms with E-state index in [0.717, 1.165) is 77.0 Å². The minimum absolute atomic E-state index is 0.0962. The Kier molecular flexibility index (Phi) is 36.8. The third kappa shape index (κ3) is 31.6. The number of phosphoric ester groups is 1. The highest BCUT2D eigenvalue weighted by molar-refractivity contribution is 7.47. The highest BCUT2D eigenvalue weighted by Gasteiger charge is 2.51. The zero-order chi connectivity index (χ0) is 46.4. The molecule has 0 aliphatic heterocycles. The lowest BCUT2D eigenvalue weighted by Crippen LogP contribution is -2.64. The van der Waals surface area contributed by atoms with Crippen molar-refractivity contribution in [1.82, 2.24) is 0 Å². The van der Waals surface area contributed by atoms with Crippen LogP contribution in [0.5, 0.6) is 0 Å². The molecule has 0 spiro atoms. The summed E-state index contributed by atoms with van der Waals surface area (Å²) in [6, 6.07) is 0. The van der Waals surface area contributed by atoms with Crippen molar-refractivity contribution in [2.45, 2.75) is 249 Å². The van der Waals surface area contributed by atoms with E-state index in [2.05, 4.69) is 50.3 Å². The molecule has 6 unspecified atom stereocenters. The van der Waals surface area contributed by atoms with Gasteiger partial charge in [0.15, 0.2) is 6.10 Å². The molecule has 13 nitrogen and oxygen atoms in total. The van der Waals surface area contributed by atoms with Gasteiger partial charge in [0.1, 0.15) is 43.2 Å². The Labute approximate surface area is 380 Å². The summed E-state index contributed by atoms with van der Waals surface area (Å²) in [5, 5.41) is 50.2. The van der Waals surface area contributed by atoms with Crippen molar-refractivity contribution in [1.29, 1.82) is 0 Å². The molecule has 368 valence electrons. The van der Waals surface area contributed by atoms with Gasteiger partial charge in [0.2, 0.25) is 0 Å². The zero-order valence-electron chi connectivity index (χ0n) is 39.1. The van der Waals surface area contributed by atoms with Gasteiger partial charge in [0, 0.05) is 12.8 Å². The van der Waals surface area contributed by atoms with Crippen LogP contribution >= 0.6 is 7.82 Å². The number of allylic oxidation sites excluding steroid dienone is 6. The van der Waals surface area contributed by atoms with Crippen LogP contribution in [0.4, 0.5) is 0 Å². The topological polar surface area (TPSA) is 210 Å². The van der Waals surface area contributed by atoms with E-state index >= 15 is 0 Å². The Morgan fingerprint density at radius 3 is 1.38 bits per heavy atom. The number of hydrogen-bond acceptors (Lipinski definition) is 12. The molecular weight excluding hydrogens is 827 g/mol. The fraction of sp³-hybridized carbons (Fsp3) is 0.837. The summed E-state index contributed by atoms with van der Waals surface area (Å²) >= 11 is 0. The van der Waals surface area contributed by atoms with E-state index in [9.17, 15) is 44.6 Å². The van der Waals surface area contributed by atoms with Gasteiger partial charge in [-0.2, -0.15) is 0 Å². The third-order valence-corrected chi connectivity index (χ3v) is 12.5. The Morgan fingerprint density at radius 1 is 0.508 bits per heavy atom. The first-order chi connectivity index (χ1) is 30.4. The molecular formula is C49H89O13P. The predicted molar refractivity (Wildman–Crippen MR) is 249 cm³/mol. The second-order valence-corrected chi connectivity index (χ2v) is 18.7. The first-order valence-electron chi connectivity index (χ1n) is 24.8. The monoisotopic (exact) mass is 917 g/mol. The van der Waals surface area contributed by atoms with Crippen molar-refractivity contribution in [3.8, 4) is 0 Å². The number of aliphatic hydroxyl groups excluding tert-OH is 5. The predicted octanol–water partition coefficient (Wildman–Crippen LogP) is 10.2. The summed E-state index contributed by atoms with van der Waals surface area (Å²) < 4.78 is 33.6. The van der Waals surface area contributed by atoms with E-state index < -0.39 is 75.7 Å². The minimum Gasteiger partial charge on any atom is -0.462 e. The summed E-state index contributed by atoms with van der Waals surface area (Å²) in [4.78, 5) is 35.8. The van der Waals surface area contributed by atoms with Gasteiger partial charge in [-0.05, 0) is 44.9 Å². The molecule has 0 radical (unpaired) electrons. The quantitative estimate of drug-likeness (QED) is 0.0146. The van der Waals surface area contributed by atoms with E-state index in [1.165, 1.54) is 89.9 Å². The Hall–Kier alpha value is -1.93. The molecule has 1 saturated carbocycles. The van der Waals surface area contributed by atoms with Gasteiger partial charge in [0.05, 0.1) is 6.61 Å². The molecule has 0 aromatic heterocycles. The number of aliphatic hydroxyl groups is 5. The number of carbonyl (C=O) groups is 2. The standard InChI is InChI=1S/C49H89O13P/c1-3-5-7-9-11-13-15-17-19-20-21-22-24-26-28-30-32-34-36-38-43(51)61-41(40-60-63(57,58)62-49-47(55)45(53)44(52)46(54)48(49)56)39-59-42(50)37-35-33-31-29-27-25-23-18-16-14-12-10-8-6-4-2/h6,8,12,14,18,23,41,44-49,52-56H,3-5,7,9-11,13,15-17,19-22,24-40H2,1-2H3,(H,57,58)/b8-6-,14-12-,23-18-/t41-,44?,45-,46?,47?,48?,49?/m1/s1. The minimum atomic E-state index is -5.12. The van der Waals surface area contributed by atoms with Crippen LogP contribution < -0.4 is 0 Å². The van der Waals surface area contributed by atoms with Crippen LogP contribution in [0.25, 0.3) is 0 Å². The lowest BCUT2D eigenvalue weighted by Gasteiger charge is -2.41. The molecule has 0 bridgehead atoms. The highest BCUT2D eigenvalue weighted by atomic mass is 31.2. The smallest absolute Gasteiger partial charge is 0.462 e. The normalized spacial score (nSPS) is 22.0. The van der Waals surface area contributed by atoms with Crippen LogP contribution in [-0.2, 0) is 32.7 Å². The Morgan fingerprint density at radius 2 is 0.905 bits per heavy atom. The van der Waals surface area contributed by atoms with Crippen LogP contribution in [0, 0.1) is 0 Å². The summed E-state index contributed by atoms with van der Waals surface area (Å²) in [7, 11) is -5.12. The SMILES string of the molecule is CC/C=C\C/C=C\C/C=C\CCCCCCCC(=O)OC[C@H](COP(=O)(O)OC1C(O)C(O)C(O)[C@@H](O)C1O)OC(=O)CCCCCCCCCCCCCCCCCCCCC. The van der Waals surface area contributed by atoms with Gasteiger partial charge in [0.25, 0.3) is 0 Å². The molecule has 0 aromatic rings. The van der Waals surface area contributed by atoms with E-state index in [1.54, 1.807) is 0 Å². The fourth-order valence-corrected chi connectivity index (χ4v) is 8.51. The molecule has 1 rings (SSSR count). The largest absolute Gasteiger partial charge is 0.472 e. The van der Waals surface area contributed by atoms with Gasteiger partial charge in [-0.1, -0.05) is 185 Å². The van der Waals surface area contributed by atoms with E-state index in [4.69, 9.17) is 18.5 Å². The molecule has 1 aliphatic carbocycles. The molecule has 0 amide bonds. The number of hydrogen-bond donors (Lipinski definition) is 6. The van der Waals surface area contributed by atoms with Crippen LogP contribution in [0.3, 0.4) is 0 Å². The lowest BCUT2D eigenvalue weighted by atomic mass is 9.85. The summed E-state index contributed by atoms with van der Waals surface area (Å²) in [6.07, 6.45) is 31.9. The Balaban J connectivity index is 2.41. The highest BCUT2D eigenvalue weighted by Crippen LogP contribution is 2.47. The van der Waals surface area contributed by atoms with Gasteiger partial charge in [-0.25, -0.2) is 4.57 Å². The van der Waals surface area contributed by atoms with E-state index in [1.807, 2.05) is 0 Å². The fourth-order valence-electron chi connectivity index (χ4n) is 7.54. The van der Waals surface area contributed by atoms with E-state index in [-0.39, 0.29) is 12.8 Å². The molecule has 1 fully saturated rings. The number of carbonyl (C=O) groups excluding carboxylic acids is 2. The Bertz CT molecular complexity index is 1240. The molecule has 14 heteroatoms. The molecule has 0 saturated heterocycles. The van der Waals surface area contributed by atoms with Crippen molar-refractivity contribution < 1.29 is 63.1 Å². The average molecular weight is 917 g/mol. The van der Waals surface area contributed by atoms with Gasteiger partial charge < -0.3 is 39.9 Å². The maximum atomic E-state index is 12.8. The van der Waals surface area contributed by atoms with Crippen molar-refractivity contribution in [3.63, 3.8) is 0 Å². The van der Waals surface area contributed by atoms with Crippen molar-refractivity contribution >= 4 is 19.8 Å². The van der Waals surface area contributed by atoms with Crippen LogP contribution in [0.15, 0.2) is 36.5 Å². The van der Waals surface area contributed by atoms with Crippen molar-refractivity contribution in [3.05, 3.63) is 36.5 Å². The molecule has 1 aliphatic rings. The second kappa shape index (κ2) is 39.3. The second-order valence-electron chi connectivity index (χ2n) is 17.3. The maximum Gasteiger partial charge on any atom is 0.472 e. The average Bonchev–Trinajstić information content (AvgIpc) is 3.26. The van der Waals surface area contributed by atoms with Gasteiger partial charge in [-0.3, -0.25) is 18.6 Å². The molecule has 63 heavy (non-hydrogen) atoms. The number of phosphoric acid groups is 1. The molecule has 0 heterocycles. The summed E-state index contributed by atoms with van der Waals surface area (Å²) in [5.74, 6) is -1.11. The zero-order valence-corrected chi connectivity index (χ0v) is 40.0. The van der Waals surface area contributed by atoms with Crippen LogP contribution in [0.2, 0.25) is 0 Å². The number of esters is 2. The molecule has 8 atom stereocenters. The lowest BCUT2D eigenvalue weighted by molar-refractivity contribution is -0.220. The maximum absolute atomic E-state index is 12.8. The van der Waals surface area contributed by atoms with Gasteiger partial charge >= 0.3 is 19.8 Å². The number of unbranched alkanes of at least 4 members (excludes halogenated alkanes) is 23. The number of rotatable bonds is 41. The van der Waals surface area contributed by atoms with Crippen molar-refractivity contribution in [2.75, 3.05) is 13.2 Å². The molecule has 6 N–H and O–H groups in total. The summed E-state index contributed by atoms with van der Waals surface area (Å²) in [6.45, 7) is 3.20. The third-order valence-electron chi connectivity index (χ3n) is 11.5. The van der Waals surface area contributed by atoms with Gasteiger partial charge in [-0.15, -0.1) is 0 Å². The first kappa shape index (κ1) is 59.1. The summed E-state index contributed by atoms with van der Waals surface area (Å²) in [5.41, 5.74) is 0. The molecule has 0 aromatic carbocycles. The van der Waals surface area contributed by atoms with Crippen LogP contribution in [-0.4, -0.2) is 98.3 Å². The van der Waals surface area contributed by atoms with Crippen LogP contribution in [0.1, 0.15) is 206 Å². The first-order valence-corrected chi connectivity index (χ1v) is 26.3. The number of ether oxygens (including phenoxy) is 2. The van der Waals surface area contributed by atoms with Crippen molar-refractivity contribution in [2.24, 2.45) is 0 Å². The van der Waals surface area contributed by atoms with E-state index in [0.29, 0.717) is 12.8 Å².